The smallest absolute Gasteiger partial charge is 0.416 e. The van der Waals surface area contributed by atoms with Crippen LogP contribution in [0.15, 0.2) is 30.3 Å². The van der Waals surface area contributed by atoms with Crippen molar-refractivity contribution in [3.8, 4) is 0 Å². The van der Waals surface area contributed by atoms with Gasteiger partial charge >= 0.3 is 6.09 Å². The molecule has 0 unspecified atom stereocenters. The van der Waals surface area contributed by atoms with E-state index in [9.17, 15) is 14.4 Å². The molecular weight excluding hydrogens is 272 g/mol. The molecule has 3 amide bonds. The summed E-state index contributed by atoms with van der Waals surface area (Å²) < 4.78 is 4.82. The molecule has 6 nitrogen and oxygen atoms in total. The van der Waals surface area contributed by atoms with Crippen molar-refractivity contribution < 1.29 is 19.1 Å². The Balaban J connectivity index is 1.86. The van der Waals surface area contributed by atoms with E-state index in [1.54, 1.807) is 0 Å². The minimum Gasteiger partial charge on any atom is -0.447 e. The van der Waals surface area contributed by atoms with Crippen LogP contribution < -0.4 is 5.32 Å². The third-order valence-corrected chi connectivity index (χ3v) is 3.90. The Morgan fingerprint density at radius 2 is 2.00 bits per heavy atom. The molecule has 2 aliphatic heterocycles. The van der Waals surface area contributed by atoms with Crippen molar-refractivity contribution in [1.82, 2.24) is 10.2 Å². The normalized spacial score (nSPS) is 25.4. The second-order valence-corrected chi connectivity index (χ2v) is 5.21. The van der Waals surface area contributed by atoms with Crippen LogP contribution in [-0.4, -0.2) is 36.0 Å². The summed E-state index contributed by atoms with van der Waals surface area (Å²) in [4.78, 5) is 36.9. The molecule has 2 saturated heterocycles. The number of ether oxygens (including phenoxy) is 1. The average molecular weight is 288 g/mol. The van der Waals surface area contributed by atoms with Gasteiger partial charge in [-0.2, -0.15) is 0 Å². The lowest BCUT2D eigenvalue weighted by atomic mass is 9.85. The average Bonchev–Trinajstić information content (AvgIpc) is 2.93. The quantitative estimate of drug-likeness (QED) is 0.888. The number of imide groups is 1. The number of cyclic esters (lactones) is 1. The highest BCUT2D eigenvalue weighted by molar-refractivity contribution is 5.95. The lowest BCUT2D eigenvalue weighted by molar-refractivity contribution is -0.136. The zero-order valence-corrected chi connectivity index (χ0v) is 11.5. The van der Waals surface area contributed by atoms with Gasteiger partial charge < -0.3 is 10.1 Å². The summed E-state index contributed by atoms with van der Waals surface area (Å²) in [6.45, 7) is 0.517. The highest BCUT2D eigenvalue weighted by Gasteiger charge is 2.40. The highest BCUT2D eigenvalue weighted by atomic mass is 16.6. The van der Waals surface area contributed by atoms with Crippen molar-refractivity contribution in [3.63, 3.8) is 0 Å². The standard InChI is InChI=1S/C15H16N2O4/c18-12-7-6-11(14(19)17-8-9-21-15(17)20)13(16-12)10-4-2-1-3-5-10/h1-5,11,13H,6-9H2,(H,16,18)/t11-,13+/m0/s1. The fourth-order valence-electron chi connectivity index (χ4n) is 2.84. The Hall–Kier alpha value is -2.37. The van der Waals surface area contributed by atoms with Crippen LogP contribution in [0.4, 0.5) is 4.79 Å². The van der Waals surface area contributed by atoms with Crippen molar-refractivity contribution in [3.05, 3.63) is 35.9 Å². The Labute approximate surface area is 122 Å². The topological polar surface area (TPSA) is 75.7 Å². The van der Waals surface area contributed by atoms with E-state index in [0.29, 0.717) is 12.8 Å². The third kappa shape index (κ3) is 2.61. The summed E-state index contributed by atoms with van der Waals surface area (Å²) >= 11 is 0. The van der Waals surface area contributed by atoms with Gasteiger partial charge in [0.15, 0.2) is 0 Å². The molecule has 1 aromatic carbocycles. The van der Waals surface area contributed by atoms with Gasteiger partial charge in [0, 0.05) is 6.42 Å². The second kappa shape index (κ2) is 5.55. The van der Waals surface area contributed by atoms with Gasteiger partial charge in [-0.25, -0.2) is 9.69 Å². The SMILES string of the molecule is O=C1CC[C@H](C(=O)N2CCOC2=O)[C@@H](c2ccccc2)N1. The summed E-state index contributed by atoms with van der Waals surface area (Å²) in [5, 5.41) is 2.86. The minimum atomic E-state index is -0.594. The van der Waals surface area contributed by atoms with Gasteiger partial charge in [-0.3, -0.25) is 9.59 Å². The maximum Gasteiger partial charge on any atom is 0.416 e. The van der Waals surface area contributed by atoms with Gasteiger partial charge in [-0.05, 0) is 12.0 Å². The van der Waals surface area contributed by atoms with Crippen LogP contribution in [0, 0.1) is 5.92 Å². The maximum absolute atomic E-state index is 12.6. The Morgan fingerprint density at radius 3 is 2.67 bits per heavy atom. The van der Waals surface area contributed by atoms with E-state index < -0.39 is 18.1 Å². The molecule has 0 spiro atoms. The Kier molecular flexibility index (Phi) is 3.60. The van der Waals surface area contributed by atoms with Crippen LogP contribution in [0.2, 0.25) is 0 Å². The number of rotatable bonds is 2. The van der Waals surface area contributed by atoms with Crippen LogP contribution in [0.25, 0.3) is 0 Å². The van der Waals surface area contributed by atoms with Gasteiger partial charge in [-0.15, -0.1) is 0 Å². The summed E-state index contributed by atoms with van der Waals surface area (Å²) in [5.74, 6) is -0.779. The molecule has 2 aliphatic rings. The molecule has 1 aromatic rings. The van der Waals surface area contributed by atoms with Crippen LogP contribution in [0.3, 0.4) is 0 Å². The first-order valence-electron chi connectivity index (χ1n) is 6.99. The molecule has 0 saturated carbocycles. The van der Waals surface area contributed by atoms with E-state index in [4.69, 9.17) is 4.74 Å². The van der Waals surface area contributed by atoms with Crippen LogP contribution >= 0.6 is 0 Å². The minimum absolute atomic E-state index is 0.0723. The number of hydrogen-bond acceptors (Lipinski definition) is 4. The van der Waals surface area contributed by atoms with Crippen LogP contribution in [0.5, 0.6) is 0 Å². The van der Waals surface area contributed by atoms with Gasteiger partial charge in [0.2, 0.25) is 11.8 Å². The number of carbonyl (C=O) groups excluding carboxylic acids is 3. The number of carbonyl (C=O) groups is 3. The van der Waals surface area contributed by atoms with Gasteiger partial charge in [0.1, 0.15) is 6.61 Å². The number of hydrogen-bond donors (Lipinski definition) is 1. The number of nitrogens with zero attached hydrogens (tertiary/aromatic N) is 1. The fourth-order valence-corrected chi connectivity index (χ4v) is 2.84. The molecule has 2 atom stereocenters. The predicted molar refractivity (Wildman–Crippen MR) is 73.1 cm³/mol. The molecule has 0 bridgehead atoms. The number of piperidine rings is 1. The third-order valence-electron chi connectivity index (χ3n) is 3.90. The van der Waals surface area contributed by atoms with E-state index >= 15 is 0 Å². The Morgan fingerprint density at radius 1 is 1.24 bits per heavy atom. The fraction of sp³-hybridized carbons (Fsp3) is 0.400. The zero-order chi connectivity index (χ0) is 14.8. The van der Waals surface area contributed by atoms with E-state index in [-0.39, 0.29) is 25.0 Å². The molecule has 3 rings (SSSR count). The summed E-state index contributed by atoms with van der Waals surface area (Å²) in [6.07, 6.45) is 0.139. The van der Waals surface area contributed by atoms with E-state index in [0.717, 1.165) is 10.5 Å². The summed E-state index contributed by atoms with van der Waals surface area (Å²) in [7, 11) is 0. The van der Waals surface area contributed by atoms with Crippen LogP contribution in [-0.2, 0) is 14.3 Å². The largest absolute Gasteiger partial charge is 0.447 e. The van der Waals surface area contributed by atoms with E-state index in [2.05, 4.69) is 5.32 Å². The highest BCUT2D eigenvalue weighted by Crippen LogP contribution is 2.31. The molecule has 6 heteroatoms. The maximum atomic E-state index is 12.6. The molecule has 0 radical (unpaired) electrons. The molecule has 0 aliphatic carbocycles. The van der Waals surface area contributed by atoms with E-state index in [1.165, 1.54) is 0 Å². The van der Waals surface area contributed by atoms with Crippen molar-refractivity contribution >= 4 is 17.9 Å². The first-order chi connectivity index (χ1) is 10.2. The van der Waals surface area contributed by atoms with Gasteiger partial charge in [0.25, 0.3) is 0 Å². The van der Waals surface area contributed by atoms with Crippen LogP contribution in [0.1, 0.15) is 24.4 Å². The van der Waals surface area contributed by atoms with Crippen molar-refractivity contribution in [1.29, 1.82) is 0 Å². The second-order valence-electron chi connectivity index (χ2n) is 5.21. The van der Waals surface area contributed by atoms with Crippen molar-refractivity contribution in [2.75, 3.05) is 13.2 Å². The summed E-state index contributed by atoms with van der Waals surface area (Å²) in [5.41, 5.74) is 0.872. The first kappa shape index (κ1) is 13.6. The van der Waals surface area contributed by atoms with Crippen molar-refractivity contribution in [2.45, 2.75) is 18.9 Å². The lowest BCUT2D eigenvalue weighted by Crippen LogP contribution is -2.47. The number of benzene rings is 1. The Bertz CT molecular complexity index is 572. The van der Waals surface area contributed by atoms with Crippen molar-refractivity contribution in [2.24, 2.45) is 5.92 Å². The molecule has 0 aromatic heterocycles. The zero-order valence-electron chi connectivity index (χ0n) is 11.5. The molecule has 110 valence electrons. The predicted octanol–water partition coefficient (Wildman–Crippen LogP) is 1.23. The van der Waals surface area contributed by atoms with Gasteiger partial charge in [0.05, 0.1) is 18.5 Å². The molecular formula is C15H16N2O4. The van der Waals surface area contributed by atoms with E-state index in [1.807, 2.05) is 30.3 Å². The molecule has 2 fully saturated rings. The number of nitrogens with one attached hydrogen (secondary N) is 1. The molecule has 21 heavy (non-hydrogen) atoms. The molecule has 1 N–H and O–H groups in total. The van der Waals surface area contributed by atoms with Gasteiger partial charge in [-0.1, -0.05) is 30.3 Å². The molecule has 2 heterocycles. The monoisotopic (exact) mass is 288 g/mol. The number of amides is 3. The lowest BCUT2D eigenvalue weighted by Gasteiger charge is -2.33. The summed E-state index contributed by atoms with van der Waals surface area (Å²) in [6, 6.07) is 8.96. The first-order valence-corrected chi connectivity index (χ1v) is 6.99.